The molecule has 16 heavy (non-hydrogen) atoms. The van der Waals surface area contributed by atoms with Crippen LogP contribution in [0.5, 0.6) is 0 Å². The summed E-state index contributed by atoms with van der Waals surface area (Å²) in [6.07, 6.45) is -0.994. The Kier molecular flexibility index (Phi) is 4.21. The standard InChI is InChI=1S/C10H12FNO4/c11-6-1-2-9(8(3-6)10(15)16)12-4-7(14)5-13/h1-3,7,12-14H,4-5H2,(H,15,16). The van der Waals surface area contributed by atoms with E-state index in [1.54, 1.807) is 0 Å². The molecule has 0 aromatic heterocycles. The summed E-state index contributed by atoms with van der Waals surface area (Å²) in [5.41, 5.74) is -0.0217. The zero-order valence-corrected chi connectivity index (χ0v) is 8.35. The van der Waals surface area contributed by atoms with E-state index < -0.39 is 24.5 Å². The van der Waals surface area contributed by atoms with Crippen LogP contribution < -0.4 is 5.32 Å². The van der Waals surface area contributed by atoms with Gasteiger partial charge in [-0.05, 0) is 18.2 Å². The summed E-state index contributed by atoms with van der Waals surface area (Å²) >= 11 is 0. The second-order valence-electron chi connectivity index (χ2n) is 3.21. The van der Waals surface area contributed by atoms with Crippen molar-refractivity contribution in [3.63, 3.8) is 0 Å². The van der Waals surface area contributed by atoms with E-state index in [0.29, 0.717) is 0 Å². The summed E-state index contributed by atoms with van der Waals surface area (Å²) in [7, 11) is 0. The lowest BCUT2D eigenvalue weighted by molar-refractivity contribution is 0.0697. The van der Waals surface area contributed by atoms with Crippen molar-refractivity contribution in [1.29, 1.82) is 0 Å². The molecule has 0 saturated heterocycles. The number of carboxylic acids is 1. The first kappa shape index (κ1) is 12.4. The minimum atomic E-state index is -1.26. The number of carboxylic acid groups (broad SMARTS) is 1. The molecule has 4 N–H and O–H groups in total. The number of aliphatic hydroxyl groups excluding tert-OH is 2. The van der Waals surface area contributed by atoms with E-state index >= 15 is 0 Å². The first-order valence-electron chi connectivity index (χ1n) is 4.60. The van der Waals surface area contributed by atoms with Crippen molar-refractivity contribution < 1.29 is 24.5 Å². The van der Waals surface area contributed by atoms with Gasteiger partial charge in [0.05, 0.1) is 18.3 Å². The molecule has 0 amide bonds. The predicted molar refractivity (Wildman–Crippen MR) is 54.9 cm³/mol. The van der Waals surface area contributed by atoms with E-state index in [1.165, 1.54) is 6.07 Å². The van der Waals surface area contributed by atoms with Gasteiger partial charge in [0.25, 0.3) is 0 Å². The molecule has 1 atom stereocenters. The quantitative estimate of drug-likeness (QED) is 0.582. The van der Waals surface area contributed by atoms with Gasteiger partial charge in [0.2, 0.25) is 0 Å². The fraction of sp³-hybridized carbons (Fsp3) is 0.300. The lowest BCUT2D eigenvalue weighted by Crippen LogP contribution is -2.23. The molecular formula is C10H12FNO4. The van der Waals surface area contributed by atoms with Gasteiger partial charge in [0, 0.05) is 12.2 Å². The van der Waals surface area contributed by atoms with Crippen LogP contribution in [0.1, 0.15) is 10.4 Å². The number of nitrogens with one attached hydrogen (secondary N) is 1. The summed E-state index contributed by atoms with van der Waals surface area (Å²) in [4.78, 5) is 10.8. The maximum Gasteiger partial charge on any atom is 0.337 e. The number of hydrogen-bond donors (Lipinski definition) is 4. The van der Waals surface area contributed by atoms with Gasteiger partial charge < -0.3 is 20.6 Å². The number of carbonyl (C=O) groups is 1. The minimum absolute atomic E-state index is 0.0115. The molecule has 0 bridgehead atoms. The summed E-state index contributed by atoms with van der Waals surface area (Å²) in [5.74, 6) is -1.91. The van der Waals surface area contributed by atoms with E-state index in [0.717, 1.165) is 12.1 Å². The van der Waals surface area contributed by atoms with Crippen LogP contribution in [0.15, 0.2) is 18.2 Å². The van der Waals surface area contributed by atoms with Crippen LogP contribution in [-0.4, -0.2) is 40.5 Å². The average Bonchev–Trinajstić information content (AvgIpc) is 2.26. The molecule has 0 radical (unpaired) electrons. The van der Waals surface area contributed by atoms with Gasteiger partial charge in [-0.1, -0.05) is 0 Å². The molecule has 1 unspecified atom stereocenters. The summed E-state index contributed by atoms with van der Waals surface area (Å²) < 4.78 is 12.8. The van der Waals surface area contributed by atoms with Crippen LogP contribution >= 0.6 is 0 Å². The highest BCUT2D eigenvalue weighted by Crippen LogP contribution is 2.16. The first-order chi connectivity index (χ1) is 7.54. The Balaban J connectivity index is 2.82. The molecule has 1 rings (SSSR count). The molecule has 6 heteroatoms. The SMILES string of the molecule is O=C(O)c1cc(F)ccc1NCC(O)CO. The van der Waals surface area contributed by atoms with Crippen molar-refractivity contribution in [2.75, 3.05) is 18.5 Å². The third-order valence-corrected chi connectivity index (χ3v) is 1.95. The number of halogens is 1. The molecule has 0 spiro atoms. The van der Waals surface area contributed by atoms with Crippen LogP contribution in [0.25, 0.3) is 0 Å². The van der Waals surface area contributed by atoms with Gasteiger partial charge in [-0.2, -0.15) is 0 Å². The highest BCUT2D eigenvalue weighted by Gasteiger charge is 2.12. The Hall–Kier alpha value is -1.66. The van der Waals surface area contributed by atoms with Crippen molar-refractivity contribution in [2.45, 2.75) is 6.10 Å². The third kappa shape index (κ3) is 3.18. The van der Waals surface area contributed by atoms with Gasteiger partial charge in [-0.25, -0.2) is 9.18 Å². The molecule has 1 aromatic carbocycles. The Morgan fingerprint density at radius 1 is 1.50 bits per heavy atom. The first-order valence-corrected chi connectivity index (χ1v) is 4.60. The number of aliphatic hydroxyl groups is 2. The fourth-order valence-electron chi connectivity index (χ4n) is 1.14. The van der Waals surface area contributed by atoms with Gasteiger partial charge in [-0.15, -0.1) is 0 Å². The Labute approximate surface area is 91.2 Å². The van der Waals surface area contributed by atoms with Crippen LogP contribution in [-0.2, 0) is 0 Å². The molecule has 1 aromatic rings. The zero-order valence-electron chi connectivity index (χ0n) is 8.35. The van der Waals surface area contributed by atoms with Crippen LogP contribution in [0.4, 0.5) is 10.1 Å². The fourth-order valence-corrected chi connectivity index (χ4v) is 1.14. The second-order valence-corrected chi connectivity index (χ2v) is 3.21. The lowest BCUT2D eigenvalue weighted by Gasteiger charge is -2.12. The molecule has 0 heterocycles. The van der Waals surface area contributed by atoms with E-state index in [2.05, 4.69) is 5.32 Å². The molecule has 0 aliphatic heterocycles. The van der Waals surface area contributed by atoms with E-state index in [4.69, 9.17) is 15.3 Å². The van der Waals surface area contributed by atoms with Gasteiger partial charge >= 0.3 is 5.97 Å². The third-order valence-electron chi connectivity index (χ3n) is 1.95. The predicted octanol–water partition coefficient (Wildman–Crippen LogP) is 0.289. The Morgan fingerprint density at radius 2 is 2.19 bits per heavy atom. The van der Waals surface area contributed by atoms with E-state index in [1.807, 2.05) is 0 Å². The smallest absolute Gasteiger partial charge is 0.337 e. The number of hydrogen-bond acceptors (Lipinski definition) is 4. The highest BCUT2D eigenvalue weighted by molar-refractivity contribution is 5.94. The number of benzene rings is 1. The van der Waals surface area contributed by atoms with Crippen molar-refractivity contribution in [1.82, 2.24) is 0 Å². The Morgan fingerprint density at radius 3 is 2.75 bits per heavy atom. The molecule has 88 valence electrons. The molecule has 0 aliphatic carbocycles. The van der Waals surface area contributed by atoms with E-state index in [9.17, 15) is 9.18 Å². The van der Waals surface area contributed by atoms with E-state index in [-0.39, 0.29) is 17.8 Å². The molecular weight excluding hydrogens is 217 g/mol. The van der Waals surface area contributed by atoms with Gasteiger partial charge in [0.1, 0.15) is 5.82 Å². The average molecular weight is 229 g/mol. The number of anilines is 1. The minimum Gasteiger partial charge on any atom is -0.478 e. The molecule has 0 aliphatic rings. The van der Waals surface area contributed by atoms with Crippen molar-refractivity contribution in [3.05, 3.63) is 29.6 Å². The van der Waals surface area contributed by atoms with Crippen LogP contribution in [0.2, 0.25) is 0 Å². The maximum atomic E-state index is 12.8. The molecule has 0 saturated carbocycles. The summed E-state index contributed by atoms with van der Waals surface area (Å²) in [5, 5.41) is 29.0. The van der Waals surface area contributed by atoms with Gasteiger partial charge in [0.15, 0.2) is 0 Å². The zero-order chi connectivity index (χ0) is 12.1. The maximum absolute atomic E-state index is 12.8. The van der Waals surface area contributed by atoms with Crippen molar-refractivity contribution >= 4 is 11.7 Å². The largest absolute Gasteiger partial charge is 0.478 e. The van der Waals surface area contributed by atoms with Crippen molar-refractivity contribution in [3.8, 4) is 0 Å². The second kappa shape index (κ2) is 5.43. The topological polar surface area (TPSA) is 89.8 Å². The number of rotatable bonds is 5. The number of aromatic carboxylic acids is 1. The summed E-state index contributed by atoms with van der Waals surface area (Å²) in [6.45, 7) is -0.445. The monoisotopic (exact) mass is 229 g/mol. The molecule has 5 nitrogen and oxygen atoms in total. The molecule has 0 fully saturated rings. The van der Waals surface area contributed by atoms with Gasteiger partial charge in [-0.3, -0.25) is 0 Å². The Bertz CT molecular complexity index is 383. The highest BCUT2D eigenvalue weighted by atomic mass is 19.1. The summed E-state index contributed by atoms with van der Waals surface area (Å²) in [6, 6.07) is 3.26. The van der Waals surface area contributed by atoms with Crippen LogP contribution in [0.3, 0.4) is 0 Å². The lowest BCUT2D eigenvalue weighted by atomic mass is 10.1. The van der Waals surface area contributed by atoms with Crippen LogP contribution in [0, 0.1) is 5.82 Å². The van der Waals surface area contributed by atoms with Crippen molar-refractivity contribution in [2.24, 2.45) is 0 Å². The normalized spacial score (nSPS) is 12.2.